The summed E-state index contributed by atoms with van der Waals surface area (Å²) >= 11 is 0. The van der Waals surface area contributed by atoms with Gasteiger partial charge in [0.1, 0.15) is 0 Å². The zero-order valence-electron chi connectivity index (χ0n) is 13.7. The first-order valence-corrected chi connectivity index (χ1v) is 9.96. The maximum absolute atomic E-state index is 12.6. The lowest BCUT2D eigenvalue weighted by Gasteiger charge is -2.26. The van der Waals surface area contributed by atoms with Gasteiger partial charge in [-0.05, 0) is 12.0 Å². The molecule has 0 saturated carbocycles. The third kappa shape index (κ3) is 3.61. The minimum Gasteiger partial charge on any atom is -0.341 e. The van der Waals surface area contributed by atoms with Crippen LogP contribution in [0.15, 0.2) is 30.3 Å². The zero-order valence-corrected chi connectivity index (χ0v) is 14.5. The Bertz CT molecular complexity index is 732. The second-order valence-corrected chi connectivity index (χ2v) is 8.90. The third-order valence-electron chi connectivity index (χ3n) is 4.88. The van der Waals surface area contributed by atoms with Gasteiger partial charge in [0.15, 0.2) is 9.84 Å². The third-order valence-corrected chi connectivity index (χ3v) is 6.63. The molecule has 0 aliphatic carbocycles. The van der Waals surface area contributed by atoms with Crippen molar-refractivity contribution < 1.29 is 18.0 Å². The summed E-state index contributed by atoms with van der Waals surface area (Å²) in [5.41, 5.74) is 1.04. The number of carbonyl (C=O) groups is 2. The van der Waals surface area contributed by atoms with Crippen molar-refractivity contribution in [2.24, 2.45) is 5.92 Å². The highest BCUT2D eigenvalue weighted by molar-refractivity contribution is 7.91. The molecule has 0 N–H and O–H groups in total. The van der Waals surface area contributed by atoms with E-state index in [4.69, 9.17) is 0 Å². The molecule has 7 heteroatoms. The summed E-state index contributed by atoms with van der Waals surface area (Å²) in [6, 6.07) is 9.42. The van der Waals surface area contributed by atoms with Crippen LogP contribution in [0.25, 0.3) is 0 Å². The van der Waals surface area contributed by atoms with E-state index in [1.807, 2.05) is 30.3 Å². The summed E-state index contributed by atoms with van der Waals surface area (Å²) in [5, 5.41) is 0. The monoisotopic (exact) mass is 350 g/mol. The largest absolute Gasteiger partial charge is 0.341 e. The lowest BCUT2D eigenvalue weighted by atomic mass is 10.1. The summed E-state index contributed by atoms with van der Waals surface area (Å²) in [4.78, 5) is 28.1. The highest BCUT2D eigenvalue weighted by atomic mass is 32.2. The fourth-order valence-electron chi connectivity index (χ4n) is 3.44. The van der Waals surface area contributed by atoms with E-state index >= 15 is 0 Å². The van der Waals surface area contributed by atoms with Crippen LogP contribution in [0.1, 0.15) is 18.4 Å². The van der Waals surface area contributed by atoms with E-state index in [2.05, 4.69) is 0 Å². The van der Waals surface area contributed by atoms with Crippen molar-refractivity contribution in [3.8, 4) is 0 Å². The van der Waals surface area contributed by atoms with Gasteiger partial charge in [-0.15, -0.1) is 0 Å². The van der Waals surface area contributed by atoms with Crippen LogP contribution in [0.4, 0.5) is 0 Å². The van der Waals surface area contributed by atoms with Crippen molar-refractivity contribution >= 4 is 21.7 Å². The number of benzene rings is 1. The van der Waals surface area contributed by atoms with Gasteiger partial charge in [0, 0.05) is 32.6 Å². The number of hydrogen-bond acceptors (Lipinski definition) is 4. The molecule has 6 nitrogen and oxygen atoms in total. The molecule has 2 heterocycles. The highest BCUT2D eigenvalue weighted by Crippen LogP contribution is 2.25. The maximum atomic E-state index is 12.6. The number of rotatable bonds is 4. The van der Waals surface area contributed by atoms with Gasteiger partial charge < -0.3 is 9.80 Å². The molecule has 2 fully saturated rings. The molecule has 2 aliphatic heterocycles. The average molecular weight is 350 g/mol. The Balaban J connectivity index is 1.61. The predicted octanol–water partition coefficient (Wildman–Crippen LogP) is 0.681. The molecular weight excluding hydrogens is 328 g/mol. The van der Waals surface area contributed by atoms with E-state index in [1.54, 1.807) is 11.9 Å². The van der Waals surface area contributed by atoms with Crippen molar-refractivity contribution in [1.29, 1.82) is 0 Å². The van der Waals surface area contributed by atoms with Crippen molar-refractivity contribution in [1.82, 2.24) is 9.80 Å². The molecule has 2 amide bonds. The van der Waals surface area contributed by atoms with Gasteiger partial charge in [0.25, 0.3) is 0 Å². The van der Waals surface area contributed by atoms with E-state index < -0.39 is 9.84 Å². The standard InChI is InChI=1S/C17H22N2O4S/c1-18(15-7-8-24(22,23)12-15)17(21)14-9-16(20)19(11-14)10-13-5-3-2-4-6-13/h2-6,14-15H,7-12H2,1H3. The Morgan fingerprint density at radius 2 is 2.00 bits per heavy atom. The lowest BCUT2D eigenvalue weighted by molar-refractivity contribution is -0.136. The molecule has 0 spiro atoms. The highest BCUT2D eigenvalue weighted by Gasteiger charge is 2.39. The number of likely N-dealkylation sites (tertiary alicyclic amines) is 1. The van der Waals surface area contributed by atoms with Crippen LogP contribution >= 0.6 is 0 Å². The van der Waals surface area contributed by atoms with Crippen LogP contribution in [0.3, 0.4) is 0 Å². The minimum absolute atomic E-state index is 0.0235. The van der Waals surface area contributed by atoms with Gasteiger partial charge in [-0.2, -0.15) is 0 Å². The van der Waals surface area contributed by atoms with Gasteiger partial charge in [0.05, 0.1) is 17.4 Å². The van der Waals surface area contributed by atoms with Crippen LogP contribution in [0.5, 0.6) is 0 Å². The molecule has 3 rings (SSSR count). The summed E-state index contributed by atoms with van der Waals surface area (Å²) in [5.74, 6) is -0.358. The Morgan fingerprint density at radius 3 is 2.62 bits per heavy atom. The second kappa shape index (κ2) is 6.55. The SMILES string of the molecule is CN(C(=O)C1CC(=O)N(Cc2ccccc2)C1)C1CCS(=O)(=O)C1. The smallest absolute Gasteiger partial charge is 0.228 e. The van der Waals surface area contributed by atoms with E-state index in [0.717, 1.165) is 5.56 Å². The molecule has 0 bridgehead atoms. The molecule has 0 radical (unpaired) electrons. The summed E-state index contributed by atoms with van der Waals surface area (Å²) in [6.07, 6.45) is 0.689. The van der Waals surface area contributed by atoms with Crippen molar-refractivity contribution in [3.63, 3.8) is 0 Å². The van der Waals surface area contributed by atoms with Crippen molar-refractivity contribution in [2.75, 3.05) is 25.1 Å². The van der Waals surface area contributed by atoms with Crippen molar-refractivity contribution in [2.45, 2.75) is 25.4 Å². The summed E-state index contributed by atoms with van der Waals surface area (Å²) in [7, 11) is -1.38. The molecule has 24 heavy (non-hydrogen) atoms. The Morgan fingerprint density at radius 1 is 1.29 bits per heavy atom. The first kappa shape index (κ1) is 17.0. The average Bonchev–Trinajstić information content (AvgIpc) is 3.10. The number of nitrogens with zero attached hydrogens (tertiary/aromatic N) is 2. The Hall–Kier alpha value is -1.89. The topological polar surface area (TPSA) is 74.8 Å². The van der Waals surface area contributed by atoms with Gasteiger partial charge >= 0.3 is 0 Å². The van der Waals surface area contributed by atoms with Crippen LogP contribution < -0.4 is 0 Å². The molecule has 2 unspecified atom stereocenters. The Labute approximate surface area is 142 Å². The molecule has 1 aromatic carbocycles. The zero-order chi connectivity index (χ0) is 17.3. The van der Waals surface area contributed by atoms with E-state index in [9.17, 15) is 18.0 Å². The maximum Gasteiger partial charge on any atom is 0.228 e. The fourth-order valence-corrected chi connectivity index (χ4v) is 5.22. The summed E-state index contributed by atoms with van der Waals surface area (Å²) in [6.45, 7) is 0.904. The first-order chi connectivity index (χ1) is 11.4. The Kier molecular flexibility index (Phi) is 4.62. The fraction of sp³-hybridized carbons (Fsp3) is 0.529. The van der Waals surface area contributed by atoms with Gasteiger partial charge in [-0.25, -0.2) is 8.42 Å². The van der Waals surface area contributed by atoms with Crippen LogP contribution in [-0.4, -0.2) is 61.2 Å². The van der Waals surface area contributed by atoms with Crippen LogP contribution in [-0.2, 0) is 26.0 Å². The van der Waals surface area contributed by atoms with E-state index in [0.29, 0.717) is 19.5 Å². The second-order valence-electron chi connectivity index (χ2n) is 6.67. The predicted molar refractivity (Wildman–Crippen MR) is 89.8 cm³/mol. The minimum atomic E-state index is -3.03. The van der Waals surface area contributed by atoms with E-state index in [-0.39, 0.29) is 41.7 Å². The molecule has 1 aromatic rings. The lowest BCUT2D eigenvalue weighted by Crippen LogP contribution is -2.42. The van der Waals surface area contributed by atoms with Crippen LogP contribution in [0, 0.1) is 5.92 Å². The van der Waals surface area contributed by atoms with Crippen molar-refractivity contribution in [3.05, 3.63) is 35.9 Å². The van der Waals surface area contributed by atoms with Gasteiger partial charge in [-0.3, -0.25) is 9.59 Å². The molecule has 2 aliphatic rings. The quantitative estimate of drug-likeness (QED) is 0.800. The van der Waals surface area contributed by atoms with Crippen LogP contribution in [0.2, 0.25) is 0 Å². The molecule has 130 valence electrons. The van der Waals surface area contributed by atoms with Gasteiger partial charge in [-0.1, -0.05) is 30.3 Å². The number of hydrogen-bond donors (Lipinski definition) is 0. The van der Waals surface area contributed by atoms with Gasteiger partial charge in [0.2, 0.25) is 11.8 Å². The number of carbonyl (C=O) groups excluding carboxylic acids is 2. The summed E-state index contributed by atoms with van der Waals surface area (Å²) < 4.78 is 23.2. The van der Waals surface area contributed by atoms with E-state index in [1.165, 1.54) is 4.90 Å². The molecule has 0 aromatic heterocycles. The molecule has 2 saturated heterocycles. The normalized spacial score (nSPS) is 25.9. The molecular formula is C17H22N2O4S. The molecule has 2 atom stereocenters. The first-order valence-electron chi connectivity index (χ1n) is 8.14. The number of amides is 2. The number of sulfone groups is 1.